The van der Waals surface area contributed by atoms with Crippen LogP contribution in [0, 0.1) is 0 Å². The fourth-order valence-electron chi connectivity index (χ4n) is 3.44. The van der Waals surface area contributed by atoms with Crippen LogP contribution in [-0.2, 0) is 6.54 Å². The quantitative estimate of drug-likeness (QED) is 0.330. The van der Waals surface area contributed by atoms with E-state index in [-0.39, 0.29) is 0 Å². The van der Waals surface area contributed by atoms with Crippen LogP contribution in [-0.4, -0.2) is 4.57 Å². The molecule has 1 atom stereocenters. The van der Waals surface area contributed by atoms with Gasteiger partial charge in [-0.15, -0.1) is 0 Å². The standard InChI is InChI=1S/C20H39N2/c1-6-8-9-10-11-12-13-14-15-19(5)22-17-16-21(7-2)20(22)18(3)4/h16-19H,6-15H2,1-5H3/q+1. The summed E-state index contributed by atoms with van der Waals surface area (Å²) in [5.41, 5.74) is 0. The van der Waals surface area contributed by atoms with E-state index in [9.17, 15) is 0 Å². The minimum atomic E-state index is 0.593. The minimum absolute atomic E-state index is 0.593. The van der Waals surface area contributed by atoms with Crippen molar-refractivity contribution in [3.8, 4) is 0 Å². The van der Waals surface area contributed by atoms with Crippen LogP contribution >= 0.6 is 0 Å². The van der Waals surface area contributed by atoms with Crippen molar-refractivity contribution in [3.05, 3.63) is 18.2 Å². The molecule has 0 amide bonds. The van der Waals surface area contributed by atoms with Crippen LogP contribution in [0.5, 0.6) is 0 Å². The molecule has 2 heteroatoms. The molecule has 0 aromatic carbocycles. The van der Waals surface area contributed by atoms with E-state index in [0.717, 1.165) is 6.54 Å². The smallest absolute Gasteiger partial charge is 0.234 e. The topological polar surface area (TPSA) is 8.81 Å². The molecule has 0 fully saturated rings. The Bertz CT molecular complexity index is 392. The van der Waals surface area contributed by atoms with E-state index in [1.54, 1.807) is 0 Å². The van der Waals surface area contributed by atoms with Crippen molar-refractivity contribution in [3.63, 3.8) is 0 Å². The van der Waals surface area contributed by atoms with E-state index in [0.29, 0.717) is 12.0 Å². The fraction of sp³-hybridized carbons (Fsp3) is 0.850. The summed E-state index contributed by atoms with van der Waals surface area (Å²) in [7, 11) is 0. The van der Waals surface area contributed by atoms with E-state index in [1.165, 1.54) is 63.6 Å². The summed E-state index contributed by atoms with van der Waals surface area (Å²) in [4.78, 5) is 0. The van der Waals surface area contributed by atoms with Gasteiger partial charge in [-0.25, -0.2) is 9.13 Å². The Kier molecular flexibility index (Phi) is 9.50. The zero-order valence-corrected chi connectivity index (χ0v) is 15.8. The van der Waals surface area contributed by atoms with Gasteiger partial charge >= 0.3 is 0 Å². The number of rotatable bonds is 12. The van der Waals surface area contributed by atoms with Crippen LogP contribution in [0.15, 0.2) is 12.4 Å². The second-order valence-electron chi connectivity index (χ2n) is 7.12. The van der Waals surface area contributed by atoms with Crippen LogP contribution in [0.1, 0.15) is 110 Å². The molecule has 128 valence electrons. The maximum Gasteiger partial charge on any atom is 0.259 e. The lowest BCUT2D eigenvalue weighted by Crippen LogP contribution is -2.41. The molecule has 1 aromatic rings. The number of imidazole rings is 1. The predicted octanol–water partition coefficient (Wildman–Crippen LogP) is 6.01. The Morgan fingerprint density at radius 2 is 1.50 bits per heavy atom. The lowest BCUT2D eigenvalue weighted by atomic mass is 10.0. The van der Waals surface area contributed by atoms with Crippen molar-refractivity contribution in [2.45, 2.75) is 111 Å². The molecule has 0 spiro atoms. The first-order valence-electron chi connectivity index (χ1n) is 9.71. The average Bonchev–Trinajstić information content (AvgIpc) is 2.94. The second-order valence-corrected chi connectivity index (χ2v) is 7.12. The van der Waals surface area contributed by atoms with Gasteiger partial charge in [-0.1, -0.05) is 65.7 Å². The highest BCUT2D eigenvalue weighted by Gasteiger charge is 2.23. The predicted molar refractivity (Wildman–Crippen MR) is 96.3 cm³/mol. The van der Waals surface area contributed by atoms with Crippen LogP contribution in [0.25, 0.3) is 0 Å². The van der Waals surface area contributed by atoms with Crippen molar-refractivity contribution in [1.82, 2.24) is 4.57 Å². The molecule has 1 rings (SSSR count). The van der Waals surface area contributed by atoms with Gasteiger partial charge in [0.1, 0.15) is 12.4 Å². The van der Waals surface area contributed by atoms with Gasteiger partial charge < -0.3 is 0 Å². The number of unbranched alkanes of at least 4 members (excludes halogenated alkanes) is 7. The Morgan fingerprint density at radius 3 is 2.05 bits per heavy atom. The van der Waals surface area contributed by atoms with E-state index in [2.05, 4.69) is 56.1 Å². The zero-order valence-electron chi connectivity index (χ0n) is 15.8. The van der Waals surface area contributed by atoms with Crippen molar-refractivity contribution < 1.29 is 4.57 Å². The largest absolute Gasteiger partial charge is 0.259 e. The summed E-state index contributed by atoms with van der Waals surface area (Å²) in [5, 5.41) is 0. The van der Waals surface area contributed by atoms with Crippen LogP contribution in [0.3, 0.4) is 0 Å². The third-order valence-electron chi connectivity index (χ3n) is 4.77. The summed E-state index contributed by atoms with van der Waals surface area (Å²) >= 11 is 0. The molecule has 0 aliphatic carbocycles. The number of aryl methyl sites for hydroxylation is 1. The molecule has 0 radical (unpaired) electrons. The van der Waals surface area contributed by atoms with Gasteiger partial charge in [0.15, 0.2) is 0 Å². The van der Waals surface area contributed by atoms with E-state index in [1.807, 2.05) is 0 Å². The molecule has 2 nitrogen and oxygen atoms in total. The van der Waals surface area contributed by atoms with E-state index >= 15 is 0 Å². The van der Waals surface area contributed by atoms with Crippen molar-refractivity contribution in [2.24, 2.45) is 0 Å². The molecule has 1 unspecified atom stereocenters. The van der Waals surface area contributed by atoms with Gasteiger partial charge in [0.2, 0.25) is 0 Å². The Labute approximate surface area is 138 Å². The Morgan fingerprint density at radius 1 is 0.909 bits per heavy atom. The lowest BCUT2D eigenvalue weighted by molar-refractivity contribution is -0.727. The monoisotopic (exact) mass is 307 g/mol. The fourth-order valence-corrected chi connectivity index (χ4v) is 3.44. The minimum Gasteiger partial charge on any atom is -0.234 e. The van der Waals surface area contributed by atoms with E-state index in [4.69, 9.17) is 0 Å². The molecule has 0 bridgehead atoms. The Balaban J connectivity index is 2.31. The molecule has 0 aliphatic rings. The van der Waals surface area contributed by atoms with E-state index < -0.39 is 0 Å². The Hall–Kier alpha value is -0.790. The van der Waals surface area contributed by atoms with Gasteiger partial charge in [0.25, 0.3) is 5.82 Å². The average molecular weight is 308 g/mol. The summed E-state index contributed by atoms with van der Waals surface area (Å²) in [5.74, 6) is 2.07. The molecule has 22 heavy (non-hydrogen) atoms. The van der Waals surface area contributed by atoms with Gasteiger partial charge in [-0.05, 0) is 26.7 Å². The van der Waals surface area contributed by atoms with Crippen molar-refractivity contribution in [2.75, 3.05) is 0 Å². The molecular weight excluding hydrogens is 268 g/mol. The van der Waals surface area contributed by atoms with Gasteiger partial charge in [0.05, 0.1) is 18.5 Å². The highest BCUT2D eigenvalue weighted by atomic mass is 15.2. The maximum absolute atomic E-state index is 2.51. The lowest BCUT2D eigenvalue weighted by Gasteiger charge is -2.13. The van der Waals surface area contributed by atoms with Gasteiger partial charge in [0, 0.05) is 0 Å². The molecular formula is C20H39N2+. The SMILES string of the molecule is CCCCCCCCCCC(C)[n+]1ccn(CC)c1C(C)C. The maximum atomic E-state index is 2.51. The second kappa shape index (κ2) is 10.9. The van der Waals surface area contributed by atoms with Crippen LogP contribution in [0.2, 0.25) is 0 Å². The first kappa shape index (κ1) is 19.3. The third kappa shape index (κ3) is 6.14. The summed E-state index contributed by atoms with van der Waals surface area (Å²) in [6, 6.07) is 0.630. The first-order valence-corrected chi connectivity index (χ1v) is 9.71. The zero-order chi connectivity index (χ0) is 16.4. The molecule has 0 saturated carbocycles. The summed E-state index contributed by atoms with van der Waals surface area (Å²) < 4.78 is 4.91. The molecule has 0 N–H and O–H groups in total. The van der Waals surface area contributed by atoms with Crippen molar-refractivity contribution in [1.29, 1.82) is 0 Å². The molecule has 0 saturated heterocycles. The highest BCUT2D eigenvalue weighted by molar-refractivity contribution is 4.90. The summed E-state index contributed by atoms with van der Waals surface area (Å²) in [6.45, 7) is 12.6. The van der Waals surface area contributed by atoms with Crippen LogP contribution < -0.4 is 4.57 Å². The normalized spacial score (nSPS) is 13.0. The third-order valence-corrected chi connectivity index (χ3v) is 4.77. The highest BCUT2D eigenvalue weighted by Crippen LogP contribution is 2.17. The molecule has 0 aliphatic heterocycles. The van der Waals surface area contributed by atoms with Gasteiger partial charge in [-0.3, -0.25) is 0 Å². The number of hydrogen-bond donors (Lipinski definition) is 0. The summed E-state index contributed by atoms with van der Waals surface area (Å²) in [6.07, 6.45) is 17.1. The number of aromatic nitrogens is 2. The molecule has 1 heterocycles. The van der Waals surface area contributed by atoms with Gasteiger partial charge in [-0.2, -0.15) is 0 Å². The first-order chi connectivity index (χ1) is 10.6. The van der Waals surface area contributed by atoms with Crippen molar-refractivity contribution >= 4 is 0 Å². The molecule has 1 aromatic heterocycles. The number of hydrogen-bond acceptors (Lipinski definition) is 0. The number of nitrogens with zero attached hydrogens (tertiary/aromatic N) is 2. The van der Waals surface area contributed by atoms with Crippen LogP contribution in [0.4, 0.5) is 0 Å².